The van der Waals surface area contributed by atoms with Gasteiger partial charge in [-0.1, -0.05) is 56.3 Å². The van der Waals surface area contributed by atoms with E-state index in [2.05, 4.69) is 25.9 Å². The lowest BCUT2D eigenvalue weighted by molar-refractivity contribution is 0.391. The van der Waals surface area contributed by atoms with Crippen molar-refractivity contribution in [3.05, 3.63) is 36.0 Å². The molecule has 0 bridgehead atoms. The Bertz CT molecular complexity index is 500. The molecule has 17 heavy (non-hydrogen) atoms. The molecule has 0 saturated heterocycles. The van der Waals surface area contributed by atoms with Gasteiger partial charge in [0.15, 0.2) is 0 Å². The molecule has 0 spiro atoms. The lowest BCUT2D eigenvalue weighted by atomic mass is 9.83. The van der Waals surface area contributed by atoms with Gasteiger partial charge in [0.05, 0.1) is 11.3 Å². The van der Waals surface area contributed by atoms with E-state index in [-0.39, 0.29) is 5.41 Å². The van der Waals surface area contributed by atoms with Crippen LogP contribution >= 0.6 is 0 Å². The number of nitrogens with two attached hydrogens (primary N) is 1. The minimum atomic E-state index is -0.0354. The van der Waals surface area contributed by atoms with Crippen molar-refractivity contribution in [2.45, 2.75) is 32.6 Å². The van der Waals surface area contributed by atoms with Crippen molar-refractivity contribution in [2.24, 2.45) is 0 Å². The lowest BCUT2D eigenvalue weighted by Gasteiger charge is -2.20. The molecule has 0 radical (unpaired) electrons. The summed E-state index contributed by atoms with van der Waals surface area (Å²) in [4.78, 5) is 0. The van der Waals surface area contributed by atoms with Gasteiger partial charge in [0.1, 0.15) is 0 Å². The van der Waals surface area contributed by atoms with Gasteiger partial charge in [0.2, 0.25) is 5.88 Å². The van der Waals surface area contributed by atoms with Gasteiger partial charge in [0.25, 0.3) is 0 Å². The molecule has 3 heteroatoms. The summed E-state index contributed by atoms with van der Waals surface area (Å²) in [6.07, 6.45) is 0.985. The fraction of sp³-hybridized carbons (Fsp3) is 0.357. The van der Waals surface area contributed by atoms with Crippen LogP contribution in [0.5, 0.6) is 0 Å². The van der Waals surface area contributed by atoms with Crippen molar-refractivity contribution in [2.75, 3.05) is 5.73 Å². The first-order valence-electron chi connectivity index (χ1n) is 5.87. The molecule has 1 heterocycles. The summed E-state index contributed by atoms with van der Waals surface area (Å²) in [5.74, 6) is 0.396. The van der Waals surface area contributed by atoms with Crippen molar-refractivity contribution in [1.29, 1.82) is 0 Å². The van der Waals surface area contributed by atoms with E-state index in [4.69, 9.17) is 10.3 Å². The maximum Gasteiger partial charge on any atom is 0.230 e. The summed E-state index contributed by atoms with van der Waals surface area (Å²) in [6, 6.07) is 10.0. The molecule has 90 valence electrons. The number of nitrogens with zero attached hydrogens (tertiary/aromatic N) is 1. The zero-order chi connectivity index (χ0) is 12.5. The van der Waals surface area contributed by atoms with Gasteiger partial charge in [-0.3, -0.25) is 0 Å². The first-order valence-corrected chi connectivity index (χ1v) is 5.87. The van der Waals surface area contributed by atoms with Crippen LogP contribution in [0.4, 0.5) is 5.88 Å². The van der Waals surface area contributed by atoms with Gasteiger partial charge < -0.3 is 10.3 Å². The fourth-order valence-electron chi connectivity index (χ4n) is 1.82. The number of hydrogen-bond acceptors (Lipinski definition) is 3. The maximum absolute atomic E-state index is 5.90. The van der Waals surface area contributed by atoms with Crippen LogP contribution in [0.25, 0.3) is 11.1 Å². The molecule has 2 N–H and O–H groups in total. The Morgan fingerprint density at radius 2 is 1.88 bits per heavy atom. The first kappa shape index (κ1) is 11.7. The van der Waals surface area contributed by atoms with Crippen LogP contribution in [-0.2, 0) is 5.41 Å². The number of anilines is 1. The van der Waals surface area contributed by atoms with Crippen LogP contribution in [0, 0.1) is 0 Å². The Hall–Kier alpha value is -1.77. The lowest BCUT2D eigenvalue weighted by Crippen LogP contribution is -2.17. The molecule has 0 aliphatic heterocycles. The van der Waals surface area contributed by atoms with Crippen LogP contribution < -0.4 is 5.73 Å². The molecule has 1 aromatic heterocycles. The predicted octanol–water partition coefficient (Wildman–Crippen LogP) is 3.61. The highest BCUT2D eigenvalue weighted by Crippen LogP contribution is 2.38. The predicted molar refractivity (Wildman–Crippen MR) is 69.7 cm³/mol. The molecule has 0 fully saturated rings. The Balaban J connectivity index is 2.59. The minimum absolute atomic E-state index is 0.0354. The Kier molecular flexibility index (Phi) is 2.92. The SMILES string of the molecule is CCC(C)(C)c1noc(N)c1-c1ccccc1. The molecule has 2 aromatic rings. The van der Waals surface area contributed by atoms with Crippen molar-refractivity contribution >= 4 is 5.88 Å². The van der Waals surface area contributed by atoms with E-state index in [0.717, 1.165) is 23.2 Å². The molecule has 0 saturated carbocycles. The maximum atomic E-state index is 5.90. The Morgan fingerprint density at radius 1 is 1.24 bits per heavy atom. The minimum Gasteiger partial charge on any atom is -0.367 e. The van der Waals surface area contributed by atoms with Crippen molar-refractivity contribution < 1.29 is 4.52 Å². The van der Waals surface area contributed by atoms with E-state index in [1.54, 1.807) is 0 Å². The number of aromatic nitrogens is 1. The third kappa shape index (κ3) is 2.05. The molecule has 0 atom stereocenters. The number of rotatable bonds is 3. The fourth-order valence-corrected chi connectivity index (χ4v) is 1.82. The smallest absolute Gasteiger partial charge is 0.230 e. The number of nitrogen functional groups attached to an aromatic ring is 1. The molecule has 0 aliphatic carbocycles. The Labute approximate surface area is 102 Å². The highest BCUT2D eigenvalue weighted by molar-refractivity contribution is 5.75. The molecular formula is C14H18N2O. The molecule has 0 aliphatic rings. The molecule has 2 rings (SSSR count). The standard InChI is InChI=1S/C14H18N2O/c1-4-14(2,3)12-11(13(15)17-16-12)10-8-6-5-7-9-10/h5-9H,4,15H2,1-3H3. The zero-order valence-electron chi connectivity index (χ0n) is 10.5. The molecule has 0 unspecified atom stereocenters. The summed E-state index contributed by atoms with van der Waals surface area (Å²) >= 11 is 0. The average Bonchev–Trinajstić information content (AvgIpc) is 2.73. The normalized spacial score (nSPS) is 11.7. The van der Waals surface area contributed by atoms with Gasteiger partial charge in [-0.25, -0.2) is 0 Å². The van der Waals surface area contributed by atoms with Gasteiger partial charge in [-0.2, -0.15) is 0 Å². The van der Waals surface area contributed by atoms with Crippen LogP contribution in [-0.4, -0.2) is 5.16 Å². The van der Waals surface area contributed by atoms with E-state index in [1.807, 2.05) is 30.3 Å². The van der Waals surface area contributed by atoms with Crippen LogP contribution in [0.2, 0.25) is 0 Å². The van der Waals surface area contributed by atoms with Gasteiger partial charge >= 0.3 is 0 Å². The van der Waals surface area contributed by atoms with Crippen LogP contribution in [0.15, 0.2) is 34.9 Å². The molecule has 3 nitrogen and oxygen atoms in total. The van der Waals surface area contributed by atoms with Crippen LogP contribution in [0.1, 0.15) is 32.9 Å². The van der Waals surface area contributed by atoms with Gasteiger partial charge in [0, 0.05) is 5.41 Å². The molecular weight excluding hydrogens is 212 g/mol. The van der Waals surface area contributed by atoms with E-state index in [0.29, 0.717) is 5.88 Å². The van der Waals surface area contributed by atoms with E-state index < -0.39 is 0 Å². The Morgan fingerprint density at radius 3 is 2.47 bits per heavy atom. The monoisotopic (exact) mass is 230 g/mol. The van der Waals surface area contributed by atoms with E-state index in [1.165, 1.54) is 0 Å². The number of hydrogen-bond donors (Lipinski definition) is 1. The van der Waals surface area contributed by atoms with Crippen LogP contribution in [0.3, 0.4) is 0 Å². The highest BCUT2D eigenvalue weighted by Gasteiger charge is 2.28. The molecule has 0 amide bonds. The summed E-state index contributed by atoms with van der Waals surface area (Å²) in [7, 11) is 0. The van der Waals surface area contributed by atoms with E-state index in [9.17, 15) is 0 Å². The first-order chi connectivity index (χ1) is 8.06. The summed E-state index contributed by atoms with van der Waals surface area (Å²) in [6.45, 7) is 6.44. The third-order valence-electron chi connectivity index (χ3n) is 3.31. The second-order valence-corrected chi connectivity index (χ2v) is 4.87. The quantitative estimate of drug-likeness (QED) is 0.876. The summed E-state index contributed by atoms with van der Waals surface area (Å²) < 4.78 is 5.17. The van der Waals surface area contributed by atoms with Gasteiger partial charge in [-0.15, -0.1) is 0 Å². The molecule has 1 aromatic carbocycles. The number of benzene rings is 1. The van der Waals surface area contributed by atoms with Crippen molar-refractivity contribution in [1.82, 2.24) is 5.16 Å². The third-order valence-corrected chi connectivity index (χ3v) is 3.31. The summed E-state index contributed by atoms with van der Waals surface area (Å²) in [5.41, 5.74) is 8.78. The average molecular weight is 230 g/mol. The van der Waals surface area contributed by atoms with Crippen molar-refractivity contribution in [3.8, 4) is 11.1 Å². The highest BCUT2D eigenvalue weighted by atomic mass is 16.5. The van der Waals surface area contributed by atoms with Gasteiger partial charge in [-0.05, 0) is 12.0 Å². The summed E-state index contributed by atoms with van der Waals surface area (Å²) in [5, 5.41) is 4.13. The second kappa shape index (κ2) is 4.24. The second-order valence-electron chi connectivity index (χ2n) is 4.87. The topological polar surface area (TPSA) is 52.0 Å². The van der Waals surface area contributed by atoms with Crippen molar-refractivity contribution in [3.63, 3.8) is 0 Å². The zero-order valence-corrected chi connectivity index (χ0v) is 10.5. The largest absolute Gasteiger partial charge is 0.367 e. The van der Waals surface area contributed by atoms with E-state index >= 15 is 0 Å².